The van der Waals surface area contributed by atoms with Crippen LogP contribution in [0.2, 0.25) is 5.02 Å². The highest BCUT2D eigenvalue weighted by Crippen LogP contribution is 2.34. The molecule has 16 heavy (non-hydrogen) atoms. The van der Waals surface area contributed by atoms with E-state index in [1.165, 1.54) is 0 Å². The molecule has 0 aliphatic carbocycles. The van der Waals surface area contributed by atoms with Gasteiger partial charge < -0.3 is 0 Å². The molecule has 0 spiro atoms. The smallest absolute Gasteiger partial charge is 0.297 e. The molecule has 0 aromatic heterocycles. The zero-order chi connectivity index (χ0) is 12.5. The molecular formula is C8H3ClF3NO3. The topological polar surface area (TPSA) is 60.2 Å². The molecule has 1 aromatic carbocycles. The van der Waals surface area contributed by atoms with Gasteiger partial charge in [-0.25, -0.2) is 8.78 Å². The summed E-state index contributed by atoms with van der Waals surface area (Å²) in [5, 5.41) is 9.44. The van der Waals surface area contributed by atoms with Crippen molar-refractivity contribution >= 4 is 23.6 Å². The minimum absolute atomic E-state index is 0.246. The standard InChI is InChI=1S/C8H3ClF3NO3/c9-5-3(1-10)7(12)8(13(15)16)4(2-14)6(5)11/h2H,1H2. The molecule has 8 heteroatoms. The lowest BCUT2D eigenvalue weighted by Crippen LogP contribution is -2.06. The predicted molar refractivity (Wildman–Crippen MR) is 48.2 cm³/mol. The van der Waals surface area contributed by atoms with Crippen molar-refractivity contribution in [3.8, 4) is 0 Å². The second kappa shape index (κ2) is 4.48. The molecule has 0 atom stereocenters. The third-order valence-electron chi connectivity index (χ3n) is 1.86. The first-order chi connectivity index (χ1) is 7.45. The van der Waals surface area contributed by atoms with Gasteiger partial charge in [-0.2, -0.15) is 4.39 Å². The predicted octanol–water partition coefficient (Wildman–Crippen LogP) is 2.81. The Balaban J connectivity index is 3.77. The van der Waals surface area contributed by atoms with Crippen molar-refractivity contribution in [3.63, 3.8) is 0 Å². The average Bonchev–Trinajstić information content (AvgIpc) is 2.23. The van der Waals surface area contributed by atoms with Gasteiger partial charge in [0.15, 0.2) is 12.1 Å². The number of benzene rings is 1. The van der Waals surface area contributed by atoms with Gasteiger partial charge in [0.25, 0.3) is 0 Å². The molecule has 86 valence electrons. The van der Waals surface area contributed by atoms with E-state index in [4.69, 9.17) is 11.6 Å². The maximum Gasteiger partial charge on any atom is 0.318 e. The molecule has 0 fully saturated rings. The Morgan fingerprint density at radius 3 is 2.31 bits per heavy atom. The minimum atomic E-state index is -1.64. The summed E-state index contributed by atoms with van der Waals surface area (Å²) >= 11 is 5.22. The SMILES string of the molecule is O=Cc1c(F)c(Cl)c(CF)c(F)c1[N+](=O)[O-]. The van der Waals surface area contributed by atoms with Crippen molar-refractivity contribution in [2.75, 3.05) is 0 Å². The van der Waals surface area contributed by atoms with Gasteiger partial charge in [0.1, 0.15) is 12.2 Å². The Bertz CT molecular complexity index is 478. The summed E-state index contributed by atoms with van der Waals surface area (Å²) in [6.07, 6.45) is -0.246. The maximum atomic E-state index is 13.3. The number of rotatable bonds is 3. The van der Waals surface area contributed by atoms with E-state index in [-0.39, 0.29) is 6.29 Å². The Morgan fingerprint density at radius 2 is 1.94 bits per heavy atom. The molecule has 0 saturated heterocycles. The fourth-order valence-corrected chi connectivity index (χ4v) is 1.35. The van der Waals surface area contributed by atoms with Crippen LogP contribution >= 0.6 is 11.6 Å². The molecule has 0 heterocycles. The van der Waals surface area contributed by atoms with E-state index in [9.17, 15) is 28.1 Å². The van der Waals surface area contributed by atoms with Crippen molar-refractivity contribution < 1.29 is 22.9 Å². The number of nitro benzene ring substituents is 1. The van der Waals surface area contributed by atoms with Crippen LogP contribution in [-0.4, -0.2) is 11.2 Å². The van der Waals surface area contributed by atoms with Crippen molar-refractivity contribution in [3.05, 3.63) is 37.9 Å². The molecular weight excluding hydrogens is 251 g/mol. The van der Waals surface area contributed by atoms with E-state index >= 15 is 0 Å². The van der Waals surface area contributed by atoms with E-state index in [0.29, 0.717) is 0 Å². The number of nitrogens with zero attached hydrogens (tertiary/aromatic N) is 1. The van der Waals surface area contributed by atoms with Crippen LogP contribution in [0.15, 0.2) is 0 Å². The van der Waals surface area contributed by atoms with E-state index in [2.05, 4.69) is 0 Å². The number of hydrogen-bond acceptors (Lipinski definition) is 3. The van der Waals surface area contributed by atoms with Gasteiger partial charge in [-0.05, 0) is 0 Å². The third kappa shape index (κ3) is 1.73. The maximum absolute atomic E-state index is 13.3. The highest BCUT2D eigenvalue weighted by molar-refractivity contribution is 6.32. The monoisotopic (exact) mass is 253 g/mol. The molecule has 0 aliphatic heterocycles. The van der Waals surface area contributed by atoms with Crippen LogP contribution in [0.3, 0.4) is 0 Å². The first kappa shape index (κ1) is 12.4. The molecule has 0 aliphatic rings. The molecule has 4 nitrogen and oxygen atoms in total. The Kier molecular flexibility index (Phi) is 3.48. The fourth-order valence-electron chi connectivity index (χ4n) is 1.12. The first-order valence-electron chi connectivity index (χ1n) is 3.80. The summed E-state index contributed by atoms with van der Waals surface area (Å²) in [5.74, 6) is -3.14. The second-order valence-corrected chi connectivity index (χ2v) is 3.07. The highest BCUT2D eigenvalue weighted by Gasteiger charge is 2.30. The van der Waals surface area contributed by atoms with E-state index in [0.717, 1.165) is 0 Å². The normalized spacial score (nSPS) is 10.2. The lowest BCUT2D eigenvalue weighted by molar-refractivity contribution is -0.388. The number of halogens is 4. The van der Waals surface area contributed by atoms with E-state index < -0.39 is 45.1 Å². The summed E-state index contributed by atoms with van der Waals surface area (Å²) in [6, 6.07) is 0. The quantitative estimate of drug-likeness (QED) is 0.360. The summed E-state index contributed by atoms with van der Waals surface area (Å²) in [6.45, 7) is -1.51. The van der Waals surface area contributed by atoms with Crippen LogP contribution in [-0.2, 0) is 6.67 Å². The van der Waals surface area contributed by atoms with Gasteiger partial charge in [-0.15, -0.1) is 0 Å². The molecule has 0 bridgehead atoms. The van der Waals surface area contributed by atoms with Crippen molar-refractivity contribution in [1.82, 2.24) is 0 Å². The molecule has 0 amide bonds. The summed E-state index contributed by atoms with van der Waals surface area (Å²) in [7, 11) is 0. The lowest BCUT2D eigenvalue weighted by atomic mass is 10.1. The van der Waals surface area contributed by atoms with Crippen LogP contribution in [0.1, 0.15) is 15.9 Å². The average molecular weight is 254 g/mol. The molecule has 0 radical (unpaired) electrons. The van der Waals surface area contributed by atoms with Gasteiger partial charge in [-0.1, -0.05) is 11.6 Å². The lowest BCUT2D eigenvalue weighted by Gasteiger charge is -2.06. The summed E-state index contributed by atoms with van der Waals surface area (Å²) < 4.78 is 38.9. The van der Waals surface area contributed by atoms with Gasteiger partial charge in [0.05, 0.1) is 9.95 Å². The van der Waals surface area contributed by atoms with E-state index in [1.54, 1.807) is 0 Å². The van der Waals surface area contributed by atoms with Crippen LogP contribution in [0.4, 0.5) is 18.9 Å². The van der Waals surface area contributed by atoms with Crippen molar-refractivity contribution in [2.24, 2.45) is 0 Å². The number of carbonyl (C=O) groups is 1. The van der Waals surface area contributed by atoms with Crippen molar-refractivity contribution in [2.45, 2.75) is 6.67 Å². The van der Waals surface area contributed by atoms with Crippen LogP contribution in [0, 0.1) is 21.7 Å². The third-order valence-corrected chi connectivity index (χ3v) is 2.25. The van der Waals surface area contributed by atoms with E-state index in [1.807, 2.05) is 0 Å². The van der Waals surface area contributed by atoms with Gasteiger partial charge in [-0.3, -0.25) is 14.9 Å². The molecule has 0 saturated carbocycles. The zero-order valence-electron chi connectivity index (χ0n) is 7.47. The van der Waals surface area contributed by atoms with Crippen molar-refractivity contribution in [1.29, 1.82) is 0 Å². The van der Waals surface area contributed by atoms with Gasteiger partial charge >= 0.3 is 5.69 Å². The van der Waals surface area contributed by atoms with Gasteiger partial charge in [0.2, 0.25) is 5.82 Å². The number of aldehydes is 1. The summed E-state index contributed by atoms with van der Waals surface area (Å²) in [4.78, 5) is 19.5. The second-order valence-electron chi connectivity index (χ2n) is 2.69. The summed E-state index contributed by atoms with van der Waals surface area (Å²) in [5.41, 5.74) is -3.52. The van der Waals surface area contributed by atoms with Crippen LogP contribution < -0.4 is 0 Å². The number of carbonyl (C=O) groups excluding carboxylic acids is 1. The van der Waals surface area contributed by atoms with Crippen LogP contribution in [0.5, 0.6) is 0 Å². The molecule has 0 unspecified atom stereocenters. The van der Waals surface area contributed by atoms with Gasteiger partial charge in [0, 0.05) is 5.56 Å². The van der Waals surface area contributed by atoms with Crippen LogP contribution in [0.25, 0.3) is 0 Å². The number of alkyl halides is 1. The number of nitro groups is 1. The molecule has 0 N–H and O–H groups in total. The molecule has 1 rings (SSSR count). The first-order valence-corrected chi connectivity index (χ1v) is 4.18. The Hall–Kier alpha value is -1.63. The minimum Gasteiger partial charge on any atom is -0.297 e. The zero-order valence-corrected chi connectivity index (χ0v) is 8.22. The fraction of sp³-hybridized carbons (Fsp3) is 0.125. The Labute approximate surface area is 91.8 Å². The highest BCUT2D eigenvalue weighted by atomic mass is 35.5. The molecule has 1 aromatic rings. The number of hydrogen-bond donors (Lipinski definition) is 0. The Morgan fingerprint density at radius 1 is 1.38 bits per heavy atom. The largest absolute Gasteiger partial charge is 0.318 e.